The lowest BCUT2D eigenvalue weighted by molar-refractivity contribution is 1.39. The van der Waals surface area contributed by atoms with Crippen molar-refractivity contribution in [3.05, 3.63) is 0 Å². The van der Waals surface area contributed by atoms with Gasteiger partial charge in [0.2, 0.25) is 0 Å². The molecule has 0 N–H and O–H groups in total. The van der Waals surface area contributed by atoms with Crippen LogP contribution < -0.4 is 0 Å². The van der Waals surface area contributed by atoms with Gasteiger partial charge in [-0.2, -0.15) is 49.6 Å². The van der Waals surface area contributed by atoms with E-state index in [4.69, 9.17) is 0 Å². The summed E-state index contributed by atoms with van der Waals surface area (Å²) < 4.78 is 0.708. The van der Waals surface area contributed by atoms with Crippen molar-refractivity contribution >= 4 is 73.2 Å². The number of thioether (sulfide) groups is 3. The summed E-state index contributed by atoms with van der Waals surface area (Å²) in [6, 6.07) is 0. The van der Waals surface area contributed by atoms with Crippen LogP contribution in [-0.4, -0.2) is 44.9 Å². The molecule has 0 spiro atoms. The fraction of sp³-hybridized carbons (Fsp3) is 1.00. The summed E-state index contributed by atoms with van der Waals surface area (Å²) in [5, 5.41) is 0. The summed E-state index contributed by atoms with van der Waals surface area (Å²) >= 11 is 18.7. The fourth-order valence-electron chi connectivity index (χ4n) is 0.757. The maximum Gasteiger partial charge on any atom is 0.0593 e. The van der Waals surface area contributed by atoms with Gasteiger partial charge >= 0.3 is 0 Å². The standard InChI is InChI=1S/C8H18S6/c9-1-4-12-7-8(13-5-2-10)14-6-3-11/h8-11H,1-7H2. The largest absolute Gasteiger partial charge is 0.179 e. The summed E-state index contributed by atoms with van der Waals surface area (Å²) in [5.41, 5.74) is 0. The second kappa shape index (κ2) is 13.2. The highest BCUT2D eigenvalue weighted by Gasteiger charge is 2.08. The summed E-state index contributed by atoms with van der Waals surface area (Å²) in [6.07, 6.45) is 0. The van der Waals surface area contributed by atoms with Crippen LogP contribution in [0.3, 0.4) is 0 Å². The van der Waals surface area contributed by atoms with E-state index in [0.717, 1.165) is 34.5 Å². The molecule has 0 amide bonds. The van der Waals surface area contributed by atoms with Crippen molar-refractivity contribution in [3.63, 3.8) is 0 Å². The highest BCUT2D eigenvalue weighted by Crippen LogP contribution is 2.27. The zero-order valence-electron chi connectivity index (χ0n) is 8.09. The average molecular weight is 307 g/mol. The highest BCUT2D eigenvalue weighted by molar-refractivity contribution is 8.18. The first-order chi connectivity index (χ1) is 6.85. The van der Waals surface area contributed by atoms with Crippen LogP contribution in [-0.2, 0) is 0 Å². The van der Waals surface area contributed by atoms with Crippen LogP contribution in [0.5, 0.6) is 0 Å². The molecule has 0 rings (SSSR count). The number of thiol groups is 3. The SMILES string of the molecule is SCCSCC(SCCS)SCCS. The Labute approximate surface area is 117 Å². The molecule has 6 heteroatoms. The second-order valence-electron chi connectivity index (χ2n) is 2.42. The van der Waals surface area contributed by atoms with Crippen molar-refractivity contribution < 1.29 is 0 Å². The van der Waals surface area contributed by atoms with Crippen LogP contribution in [0.15, 0.2) is 0 Å². The first-order valence-electron chi connectivity index (χ1n) is 4.48. The predicted octanol–water partition coefficient (Wildman–Crippen LogP) is 3.30. The molecule has 0 bridgehead atoms. The van der Waals surface area contributed by atoms with Gasteiger partial charge in [0.05, 0.1) is 4.58 Å². The molecular weight excluding hydrogens is 288 g/mol. The third kappa shape index (κ3) is 10.6. The third-order valence-electron chi connectivity index (χ3n) is 1.28. The van der Waals surface area contributed by atoms with E-state index in [9.17, 15) is 0 Å². The monoisotopic (exact) mass is 306 g/mol. The van der Waals surface area contributed by atoms with Crippen LogP contribution in [0, 0.1) is 0 Å². The van der Waals surface area contributed by atoms with Gasteiger partial charge in [-0.05, 0) is 17.3 Å². The fourth-order valence-corrected chi connectivity index (χ4v) is 5.31. The van der Waals surface area contributed by atoms with E-state index in [2.05, 4.69) is 37.9 Å². The van der Waals surface area contributed by atoms with Gasteiger partial charge in [-0.15, -0.1) is 23.5 Å². The quantitative estimate of drug-likeness (QED) is 0.322. The molecule has 0 aliphatic rings. The minimum Gasteiger partial charge on any atom is -0.179 e. The van der Waals surface area contributed by atoms with Crippen LogP contribution >= 0.6 is 73.2 Å². The lowest BCUT2D eigenvalue weighted by Gasteiger charge is -2.14. The Morgan fingerprint density at radius 3 is 1.71 bits per heavy atom. The number of hydrogen-bond acceptors (Lipinski definition) is 6. The Morgan fingerprint density at radius 2 is 1.29 bits per heavy atom. The molecule has 0 aromatic rings. The van der Waals surface area contributed by atoms with E-state index < -0.39 is 0 Å². The molecule has 0 nitrogen and oxygen atoms in total. The Morgan fingerprint density at radius 1 is 0.786 bits per heavy atom. The Bertz CT molecular complexity index is 102. The molecule has 0 saturated carbocycles. The zero-order chi connectivity index (χ0) is 10.6. The summed E-state index contributed by atoms with van der Waals surface area (Å²) in [7, 11) is 0. The lowest BCUT2D eigenvalue weighted by atomic mass is 10.9. The van der Waals surface area contributed by atoms with Gasteiger partial charge in [0.25, 0.3) is 0 Å². The van der Waals surface area contributed by atoms with E-state index in [1.807, 2.05) is 35.3 Å². The maximum absolute atomic E-state index is 4.23. The molecule has 0 saturated heterocycles. The summed E-state index contributed by atoms with van der Waals surface area (Å²) in [6.45, 7) is 0. The molecule has 0 aliphatic heterocycles. The zero-order valence-corrected chi connectivity index (χ0v) is 13.2. The highest BCUT2D eigenvalue weighted by atomic mass is 32.2. The van der Waals surface area contributed by atoms with Crippen molar-refractivity contribution in [2.75, 3.05) is 40.3 Å². The summed E-state index contributed by atoms with van der Waals surface area (Å²) in [4.78, 5) is 0. The normalized spacial score (nSPS) is 11.1. The van der Waals surface area contributed by atoms with Crippen molar-refractivity contribution in [1.29, 1.82) is 0 Å². The van der Waals surface area contributed by atoms with E-state index in [0.29, 0.717) is 4.58 Å². The summed E-state index contributed by atoms with van der Waals surface area (Å²) in [5.74, 6) is 7.59. The Kier molecular flexibility index (Phi) is 15.1. The minimum absolute atomic E-state index is 0.708. The molecule has 0 aromatic heterocycles. The van der Waals surface area contributed by atoms with Gasteiger partial charge in [0, 0.05) is 23.0 Å². The van der Waals surface area contributed by atoms with Gasteiger partial charge in [0.15, 0.2) is 0 Å². The van der Waals surface area contributed by atoms with E-state index in [-0.39, 0.29) is 0 Å². The molecule has 0 heterocycles. The molecule has 0 fully saturated rings. The molecule has 0 aliphatic carbocycles. The van der Waals surface area contributed by atoms with Crippen LogP contribution in [0.4, 0.5) is 0 Å². The first-order valence-corrected chi connectivity index (χ1v) is 9.63. The lowest BCUT2D eigenvalue weighted by Crippen LogP contribution is -2.05. The van der Waals surface area contributed by atoms with Crippen molar-refractivity contribution in [3.8, 4) is 0 Å². The van der Waals surface area contributed by atoms with Crippen molar-refractivity contribution in [1.82, 2.24) is 0 Å². The molecule has 0 radical (unpaired) electrons. The molecule has 0 aromatic carbocycles. The average Bonchev–Trinajstić information content (AvgIpc) is 2.21. The predicted molar refractivity (Wildman–Crippen MR) is 87.6 cm³/mol. The van der Waals surface area contributed by atoms with E-state index >= 15 is 0 Å². The van der Waals surface area contributed by atoms with Crippen molar-refractivity contribution in [2.24, 2.45) is 0 Å². The molecule has 0 unspecified atom stereocenters. The maximum atomic E-state index is 4.23. The van der Waals surface area contributed by atoms with Gasteiger partial charge < -0.3 is 0 Å². The number of hydrogen-bond donors (Lipinski definition) is 3. The molecule has 86 valence electrons. The van der Waals surface area contributed by atoms with Crippen LogP contribution in [0.1, 0.15) is 0 Å². The molecule has 14 heavy (non-hydrogen) atoms. The smallest absolute Gasteiger partial charge is 0.0593 e. The Hall–Kier alpha value is 2.10. The number of rotatable bonds is 10. The molecular formula is C8H18S6. The van der Waals surface area contributed by atoms with Gasteiger partial charge in [0.1, 0.15) is 0 Å². The molecule has 0 atom stereocenters. The minimum atomic E-state index is 0.708. The van der Waals surface area contributed by atoms with Crippen LogP contribution in [0.2, 0.25) is 0 Å². The topological polar surface area (TPSA) is 0 Å². The van der Waals surface area contributed by atoms with Crippen LogP contribution in [0.25, 0.3) is 0 Å². The van der Waals surface area contributed by atoms with Crippen molar-refractivity contribution in [2.45, 2.75) is 4.58 Å². The second-order valence-corrected chi connectivity index (χ2v) is 7.83. The van der Waals surface area contributed by atoms with Gasteiger partial charge in [-0.3, -0.25) is 0 Å². The van der Waals surface area contributed by atoms with E-state index in [1.165, 1.54) is 5.75 Å². The van der Waals surface area contributed by atoms with E-state index in [1.54, 1.807) is 0 Å². The van der Waals surface area contributed by atoms with Gasteiger partial charge in [-0.1, -0.05) is 0 Å². The Balaban J connectivity index is 3.49. The first kappa shape index (κ1) is 16.1. The third-order valence-corrected chi connectivity index (χ3v) is 7.12. The van der Waals surface area contributed by atoms with Gasteiger partial charge in [-0.25, -0.2) is 0 Å².